The first-order valence-corrected chi connectivity index (χ1v) is 3.23. The molecule has 0 aromatic heterocycles. The normalized spacial score (nSPS) is 19.0. The van der Waals surface area contributed by atoms with Gasteiger partial charge in [-0.1, -0.05) is 4.99 Å². The molecule has 0 aromatic carbocycles. The highest BCUT2D eigenvalue weighted by molar-refractivity contribution is 5.83. The van der Waals surface area contributed by atoms with Gasteiger partial charge in [-0.3, -0.25) is 4.99 Å². The van der Waals surface area contributed by atoms with Crippen molar-refractivity contribution in [3.8, 4) is 0 Å². The van der Waals surface area contributed by atoms with Gasteiger partial charge in [-0.2, -0.15) is 0 Å². The Kier molecular flexibility index (Phi) is 2.32. The third kappa shape index (κ3) is 2.12. The van der Waals surface area contributed by atoms with Crippen LogP contribution in [0, 0.1) is 6.04 Å². The summed E-state index contributed by atoms with van der Waals surface area (Å²) in [5, 5.41) is 8.48. The monoisotopic (exact) mass is 156 g/mol. The first-order valence-electron chi connectivity index (χ1n) is 3.23. The lowest BCUT2D eigenvalue weighted by molar-refractivity contribution is -0.448. The fraction of sp³-hybridized carbons (Fsp3) is 0.333. The van der Waals surface area contributed by atoms with Gasteiger partial charge in [0, 0.05) is 0 Å². The first-order chi connectivity index (χ1) is 5.20. The van der Waals surface area contributed by atoms with Crippen LogP contribution < -0.4 is 10.7 Å². The molecule has 1 atom stereocenters. The van der Waals surface area contributed by atoms with Crippen LogP contribution in [0.3, 0.4) is 0 Å². The molecule has 1 aliphatic rings. The number of nitrogens with zero attached hydrogens (tertiary/aromatic N) is 1. The van der Waals surface area contributed by atoms with Crippen LogP contribution in [0.5, 0.6) is 0 Å². The van der Waals surface area contributed by atoms with Crippen molar-refractivity contribution in [2.24, 2.45) is 4.99 Å². The fourth-order valence-electron chi connectivity index (χ4n) is 0.749. The number of hydrogen-bond donors (Lipinski definition) is 3. The molecule has 5 N–H and O–H groups in total. The summed E-state index contributed by atoms with van der Waals surface area (Å²) in [5.74, 6) is -0.889. The van der Waals surface area contributed by atoms with Crippen molar-refractivity contribution >= 4 is 18.5 Å². The van der Waals surface area contributed by atoms with Gasteiger partial charge in [0.15, 0.2) is 12.3 Å². The number of rotatable bonds is 3. The van der Waals surface area contributed by atoms with E-state index >= 15 is 0 Å². The summed E-state index contributed by atoms with van der Waals surface area (Å²) in [6.45, 7) is 0. The van der Waals surface area contributed by atoms with Crippen molar-refractivity contribution < 1.29 is 20.6 Å². The van der Waals surface area contributed by atoms with E-state index in [1.807, 2.05) is 0 Å². The second-order valence-electron chi connectivity index (χ2n) is 2.32. The zero-order valence-corrected chi connectivity index (χ0v) is 5.95. The Morgan fingerprint density at radius 1 is 1.91 bits per heavy atom. The van der Waals surface area contributed by atoms with Gasteiger partial charge in [0.25, 0.3) is 6.34 Å². The molecule has 0 aromatic rings. The van der Waals surface area contributed by atoms with E-state index in [9.17, 15) is 4.79 Å². The molecule has 0 spiro atoms. The maximum absolute atomic E-state index is 10.3. The predicted octanol–water partition coefficient (Wildman–Crippen LogP) is -3.20. The second kappa shape index (κ2) is 3.25. The minimum atomic E-state index is -0.889. The van der Waals surface area contributed by atoms with Crippen molar-refractivity contribution in [2.45, 2.75) is 12.5 Å². The van der Waals surface area contributed by atoms with Crippen molar-refractivity contribution in [1.82, 2.24) is 0 Å². The third-order valence-corrected chi connectivity index (χ3v) is 1.37. The Morgan fingerprint density at radius 3 is 3.09 bits per heavy atom. The number of aliphatic imine (C=N–C) groups is 1. The number of nitrogens with one attached hydrogen (secondary N) is 1. The Balaban J connectivity index is 2.36. The minimum Gasteiger partial charge on any atom is -0.477 e. The fourth-order valence-corrected chi connectivity index (χ4v) is 0.749. The van der Waals surface area contributed by atoms with Gasteiger partial charge >= 0.3 is 5.97 Å². The third-order valence-electron chi connectivity index (χ3n) is 1.37. The van der Waals surface area contributed by atoms with Crippen LogP contribution in [0.15, 0.2) is 4.99 Å². The lowest BCUT2D eigenvalue weighted by Gasteiger charge is -2.00. The maximum Gasteiger partial charge on any atom is 0.362 e. The van der Waals surface area contributed by atoms with E-state index in [2.05, 4.69) is 15.7 Å². The van der Waals surface area contributed by atoms with Crippen LogP contribution >= 0.6 is 0 Å². The average Bonchev–Trinajstić information content (AvgIpc) is 2.39. The minimum absolute atomic E-state index is 0.398. The van der Waals surface area contributed by atoms with Crippen LogP contribution in [0.25, 0.3) is 0 Å². The summed E-state index contributed by atoms with van der Waals surface area (Å²) in [4.78, 5) is 16.9. The largest absolute Gasteiger partial charge is 0.477 e. The molecule has 1 aliphatic heterocycles. The Morgan fingerprint density at radius 2 is 2.64 bits per heavy atom. The predicted molar refractivity (Wildman–Crippen MR) is 37.7 cm³/mol. The zero-order valence-electron chi connectivity index (χ0n) is 5.95. The van der Waals surface area contributed by atoms with Crippen molar-refractivity contribution in [1.29, 1.82) is 0 Å². The molecule has 0 unspecified atom stereocenters. The van der Waals surface area contributed by atoms with Crippen molar-refractivity contribution in [3.63, 3.8) is 0 Å². The Hall–Kier alpha value is -1.23. The molecule has 5 heteroatoms. The topological polar surface area (TPSA) is 91.3 Å². The highest BCUT2D eigenvalue weighted by Gasteiger charge is 2.25. The lowest BCUT2D eigenvalue weighted by Crippen LogP contribution is -2.73. The smallest absolute Gasteiger partial charge is 0.362 e. The molecule has 11 heavy (non-hydrogen) atoms. The summed E-state index contributed by atoms with van der Waals surface area (Å²) in [5.41, 5.74) is 3.47. The van der Waals surface area contributed by atoms with E-state index in [4.69, 9.17) is 5.11 Å². The number of aliphatic carboxylic acids is 1. The van der Waals surface area contributed by atoms with Crippen molar-refractivity contribution in [3.05, 3.63) is 6.04 Å². The van der Waals surface area contributed by atoms with E-state index in [1.165, 1.54) is 6.34 Å². The molecule has 1 rings (SSSR count). The van der Waals surface area contributed by atoms with E-state index in [0.29, 0.717) is 6.42 Å². The Bertz CT molecular complexity index is 200. The molecule has 59 valence electrons. The number of quaternary nitrogens is 1. The van der Waals surface area contributed by atoms with Gasteiger partial charge in [-0.25, -0.2) is 4.79 Å². The van der Waals surface area contributed by atoms with Crippen LogP contribution in [0.1, 0.15) is 6.42 Å². The molecular weight excluding hydrogens is 146 g/mol. The number of hydrogen-bond acceptors (Lipinski definition) is 2. The van der Waals surface area contributed by atoms with Crippen LogP contribution in [-0.2, 0) is 4.79 Å². The summed E-state index contributed by atoms with van der Waals surface area (Å²) < 4.78 is 0. The van der Waals surface area contributed by atoms with Gasteiger partial charge < -0.3 is 10.8 Å². The van der Waals surface area contributed by atoms with Gasteiger partial charge in [-0.05, 0) is 0 Å². The summed E-state index contributed by atoms with van der Waals surface area (Å²) in [7, 11) is 0. The van der Waals surface area contributed by atoms with E-state index < -0.39 is 12.0 Å². The highest BCUT2D eigenvalue weighted by Crippen LogP contribution is 1.95. The molecule has 1 heterocycles. The molecule has 0 bridgehead atoms. The maximum atomic E-state index is 10.3. The lowest BCUT2D eigenvalue weighted by atomic mass is 10.1. The summed E-state index contributed by atoms with van der Waals surface area (Å²) >= 11 is 0. The van der Waals surface area contributed by atoms with E-state index in [1.54, 1.807) is 6.21 Å². The average molecular weight is 156 g/mol. The van der Waals surface area contributed by atoms with Crippen LogP contribution in [0.2, 0.25) is 0 Å². The van der Waals surface area contributed by atoms with Gasteiger partial charge in [0.05, 0.1) is 6.42 Å². The number of carbonyl (C=O) groups is 1. The van der Waals surface area contributed by atoms with Crippen LogP contribution in [0.4, 0.5) is 0 Å². The first kappa shape index (κ1) is 7.87. The molecular formula is C6H10N3O2+2. The zero-order chi connectivity index (χ0) is 8.27. The second-order valence-corrected chi connectivity index (χ2v) is 2.32. The van der Waals surface area contributed by atoms with E-state index in [-0.39, 0.29) is 0 Å². The summed E-state index contributed by atoms with van der Waals surface area (Å²) in [6, 6.07) is 0.197. The molecule has 0 saturated carbocycles. The molecule has 1 radical (unpaired) electrons. The van der Waals surface area contributed by atoms with Crippen molar-refractivity contribution in [2.75, 3.05) is 0 Å². The molecule has 5 nitrogen and oxygen atoms in total. The highest BCUT2D eigenvalue weighted by atomic mass is 16.4. The standard InChI is InChI=1S/C6H9N3O2/c7-5(6(10)11)1-4-2-8-3-9-4/h2-3,5,9H,1,7H2,(H,10,11)/q+1/p+1/t5-/m0/s1. The summed E-state index contributed by atoms with van der Waals surface area (Å²) in [6.07, 6.45) is 3.51. The number of carboxylic acids is 1. The molecule has 0 aliphatic carbocycles. The molecule has 0 saturated heterocycles. The van der Waals surface area contributed by atoms with E-state index in [0.717, 1.165) is 6.04 Å². The van der Waals surface area contributed by atoms with Gasteiger partial charge in [0.1, 0.15) is 0 Å². The molecule has 0 fully saturated rings. The van der Waals surface area contributed by atoms with Gasteiger partial charge in [0.2, 0.25) is 6.04 Å². The molecule has 0 amide bonds. The quantitative estimate of drug-likeness (QED) is 0.401. The number of carboxylic acid groups (broad SMARTS) is 1. The van der Waals surface area contributed by atoms with Crippen LogP contribution in [-0.4, -0.2) is 29.7 Å². The Labute approximate surface area is 63.6 Å². The SMILES string of the molecule is [NH3+][C@@H](C[C]1C=NC=[NH+]1)C(=O)O. The van der Waals surface area contributed by atoms with Gasteiger partial charge in [-0.15, -0.1) is 0 Å².